The quantitative estimate of drug-likeness (QED) is 0.825. The van der Waals surface area contributed by atoms with Gasteiger partial charge in [0.1, 0.15) is 17.7 Å². The Morgan fingerprint density at radius 1 is 1.50 bits per heavy atom. The lowest BCUT2D eigenvalue weighted by atomic mass is 10.1. The highest BCUT2D eigenvalue weighted by Gasteiger charge is 2.24. The third-order valence-electron chi connectivity index (χ3n) is 3.00. The fourth-order valence-corrected chi connectivity index (χ4v) is 3.00. The van der Waals surface area contributed by atoms with Crippen LogP contribution in [0, 0.1) is 5.82 Å². The smallest absolute Gasteiger partial charge is 0.209 e. The van der Waals surface area contributed by atoms with Crippen molar-refractivity contribution >= 4 is 11.8 Å². The van der Waals surface area contributed by atoms with Crippen molar-refractivity contribution in [2.75, 3.05) is 12.3 Å². The number of fused-ring (bicyclic) bond motifs is 1. The van der Waals surface area contributed by atoms with E-state index in [4.69, 9.17) is 10.5 Å². The second kappa shape index (κ2) is 5.76. The van der Waals surface area contributed by atoms with Crippen molar-refractivity contribution < 1.29 is 9.13 Å². The molecule has 0 saturated heterocycles. The number of halogens is 1. The average molecular weight is 295 g/mol. The Labute approximate surface area is 119 Å². The van der Waals surface area contributed by atoms with Gasteiger partial charge in [0.15, 0.2) is 0 Å². The van der Waals surface area contributed by atoms with E-state index in [1.54, 1.807) is 10.7 Å². The Morgan fingerprint density at radius 3 is 3.25 bits per heavy atom. The van der Waals surface area contributed by atoms with Gasteiger partial charge in [-0.25, -0.2) is 9.07 Å². The molecule has 8 heteroatoms. The van der Waals surface area contributed by atoms with Crippen LogP contribution < -0.4 is 10.5 Å². The number of hydrogen-bond acceptors (Lipinski definition) is 6. The minimum atomic E-state index is -0.229. The van der Waals surface area contributed by atoms with Crippen LogP contribution in [-0.2, 0) is 13.0 Å². The fourth-order valence-electron chi connectivity index (χ4n) is 2.11. The molecule has 0 bridgehead atoms. The molecule has 106 valence electrons. The summed E-state index contributed by atoms with van der Waals surface area (Å²) < 4.78 is 20.6. The van der Waals surface area contributed by atoms with Crippen molar-refractivity contribution in [3.63, 3.8) is 0 Å². The largest absolute Gasteiger partial charge is 0.489 e. The molecule has 2 aromatic rings. The van der Waals surface area contributed by atoms with E-state index in [1.807, 2.05) is 0 Å². The zero-order chi connectivity index (χ0) is 13.9. The van der Waals surface area contributed by atoms with Crippen LogP contribution in [0.4, 0.5) is 4.39 Å². The number of hydrogen-bond donors (Lipinski definition) is 1. The minimum absolute atomic E-state index is 0.0137. The van der Waals surface area contributed by atoms with E-state index in [0.29, 0.717) is 25.3 Å². The molecule has 0 spiro atoms. The molecular weight excluding hydrogens is 281 g/mol. The molecule has 3 rings (SSSR count). The summed E-state index contributed by atoms with van der Waals surface area (Å²) in [6, 6.07) is 4.61. The zero-order valence-corrected chi connectivity index (χ0v) is 11.5. The molecule has 1 unspecified atom stereocenters. The summed E-state index contributed by atoms with van der Waals surface area (Å²) in [5.74, 6) is 1.24. The monoisotopic (exact) mass is 295 g/mol. The van der Waals surface area contributed by atoms with Crippen molar-refractivity contribution in [3.8, 4) is 5.75 Å². The van der Waals surface area contributed by atoms with Gasteiger partial charge in [-0.3, -0.25) is 0 Å². The highest BCUT2D eigenvalue weighted by molar-refractivity contribution is 7.99. The summed E-state index contributed by atoms with van der Waals surface area (Å²) in [4.78, 5) is 0. The summed E-state index contributed by atoms with van der Waals surface area (Å²) >= 11 is 1.52. The number of nitrogens with zero attached hydrogens (tertiary/aromatic N) is 4. The lowest BCUT2D eigenvalue weighted by Gasteiger charge is -2.09. The van der Waals surface area contributed by atoms with Crippen LogP contribution in [0.5, 0.6) is 5.75 Å². The first-order chi connectivity index (χ1) is 9.76. The standard InChI is InChI=1S/C12H14FN5OS/c13-9-1-2-11-8(5-9)6-10(19-11)7-20-12-15-16-17-18(12)4-3-14/h1-2,5,10H,3-4,6-7,14H2. The van der Waals surface area contributed by atoms with E-state index < -0.39 is 0 Å². The molecule has 0 aliphatic carbocycles. The Kier molecular flexibility index (Phi) is 3.83. The maximum atomic E-state index is 13.1. The summed E-state index contributed by atoms with van der Waals surface area (Å²) in [6.45, 7) is 1.08. The van der Waals surface area contributed by atoms with E-state index in [9.17, 15) is 4.39 Å². The van der Waals surface area contributed by atoms with Crippen molar-refractivity contribution in [2.24, 2.45) is 5.73 Å². The van der Waals surface area contributed by atoms with E-state index in [-0.39, 0.29) is 11.9 Å². The van der Waals surface area contributed by atoms with Crippen LogP contribution in [0.2, 0.25) is 0 Å². The van der Waals surface area contributed by atoms with Crippen molar-refractivity contribution in [3.05, 3.63) is 29.6 Å². The maximum Gasteiger partial charge on any atom is 0.209 e. The predicted molar refractivity (Wildman–Crippen MR) is 72.1 cm³/mol. The third kappa shape index (κ3) is 2.75. The Bertz CT molecular complexity index is 605. The van der Waals surface area contributed by atoms with E-state index >= 15 is 0 Å². The molecule has 1 aliphatic heterocycles. The molecule has 1 aromatic heterocycles. The van der Waals surface area contributed by atoms with E-state index in [0.717, 1.165) is 16.5 Å². The number of tetrazole rings is 1. The average Bonchev–Trinajstić information content (AvgIpc) is 3.02. The predicted octanol–water partition coefficient (Wildman–Crippen LogP) is 0.867. The van der Waals surface area contributed by atoms with Gasteiger partial charge in [0.05, 0.1) is 6.54 Å². The first-order valence-corrected chi connectivity index (χ1v) is 7.29. The summed E-state index contributed by atoms with van der Waals surface area (Å²) in [5.41, 5.74) is 6.41. The van der Waals surface area contributed by atoms with Crippen molar-refractivity contribution in [1.82, 2.24) is 20.2 Å². The van der Waals surface area contributed by atoms with Crippen LogP contribution >= 0.6 is 11.8 Å². The van der Waals surface area contributed by atoms with Crippen LogP contribution in [-0.4, -0.2) is 38.6 Å². The highest BCUT2D eigenvalue weighted by Crippen LogP contribution is 2.31. The van der Waals surface area contributed by atoms with Crippen LogP contribution in [0.1, 0.15) is 5.56 Å². The maximum absolute atomic E-state index is 13.1. The van der Waals surface area contributed by atoms with Gasteiger partial charge in [-0.05, 0) is 28.6 Å². The first kappa shape index (κ1) is 13.3. The van der Waals surface area contributed by atoms with Gasteiger partial charge in [-0.15, -0.1) is 5.10 Å². The van der Waals surface area contributed by atoms with Gasteiger partial charge in [0.25, 0.3) is 0 Å². The SMILES string of the molecule is NCCn1nnnc1SCC1Cc2cc(F)ccc2O1. The molecule has 0 fully saturated rings. The van der Waals surface area contributed by atoms with Crippen molar-refractivity contribution in [1.29, 1.82) is 0 Å². The minimum Gasteiger partial charge on any atom is -0.489 e. The number of ether oxygens (including phenoxy) is 1. The Hall–Kier alpha value is -1.67. The van der Waals surface area contributed by atoms with Gasteiger partial charge >= 0.3 is 0 Å². The second-order valence-electron chi connectivity index (χ2n) is 4.48. The van der Waals surface area contributed by atoms with E-state index in [2.05, 4.69) is 15.5 Å². The fraction of sp³-hybridized carbons (Fsp3) is 0.417. The molecule has 2 heterocycles. The van der Waals surface area contributed by atoms with Gasteiger partial charge in [-0.2, -0.15) is 0 Å². The van der Waals surface area contributed by atoms with Gasteiger partial charge in [-0.1, -0.05) is 11.8 Å². The molecule has 0 amide bonds. The van der Waals surface area contributed by atoms with Crippen LogP contribution in [0.15, 0.2) is 23.4 Å². The molecule has 1 aromatic carbocycles. The number of thioether (sulfide) groups is 1. The Morgan fingerprint density at radius 2 is 2.40 bits per heavy atom. The molecule has 20 heavy (non-hydrogen) atoms. The summed E-state index contributed by atoms with van der Waals surface area (Å²) in [7, 11) is 0. The molecule has 2 N–H and O–H groups in total. The summed E-state index contributed by atoms with van der Waals surface area (Å²) in [6.07, 6.45) is 0.721. The lowest BCUT2D eigenvalue weighted by Crippen LogP contribution is -2.17. The number of benzene rings is 1. The van der Waals surface area contributed by atoms with Gasteiger partial charge < -0.3 is 10.5 Å². The molecule has 0 saturated carbocycles. The number of aromatic nitrogens is 4. The summed E-state index contributed by atoms with van der Waals surface area (Å²) in [5, 5.41) is 12.2. The number of nitrogens with two attached hydrogens (primary N) is 1. The first-order valence-electron chi connectivity index (χ1n) is 6.30. The van der Waals surface area contributed by atoms with Crippen LogP contribution in [0.25, 0.3) is 0 Å². The molecule has 6 nitrogen and oxygen atoms in total. The second-order valence-corrected chi connectivity index (χ2v) is 5.47. The van der Waals surface area contributed by atoms with Gasteiger partial charge in [0.2, 0.25) is 5.16 Å². The van der Waals surface area contributed by atoms with Crippen molar-refractivity contribution in [2.45, 2.75) is 24.2 Å². The molecule has 0 radical (unpaired) electrons. The lowest BCUT2D eigenvalue weighted by molar-refractivity contribution is 0.259. The van der Waals surface area contributed by atoms with E-state index in [1.165, 1.54) is 23.9 Å². The molecule has 1 aliphatic rings. The highest BCUT2D eigenvalue weighted by atomic mass is 32.2. The normalized spacial score (nSPS) is 17.0. The third-order valence-corrected chi connectivity index (χ3v) is 4.09. The van der Waals surface area contributed by atoms with Gasteiger partial charge in [0, 0.05) is 24.3 Å². The molecule has 1 atom stereocenters. The number of rotatable bonds is 5. The Balaban J connectivity index is 1.59. The zero-order valence-electron chi connectivity index (χ0n) is 10.7. The topological polar surface area (TPSA) is 78.9 Å². The molecular formula is C12H14FN5OS. The van der Waals surface area contributed by atoms with Crippen LogP contribution in [0.3, 0.4) is 0 Å².